The number of likely N-dealkylation sites (tertiary alicyclic amines) is 1. The number of ether oxygens (including phenoxy) is 1. The Hall–Kier alpha value is -1.30. The zero-order valence-electron chi connectivity index (χ0n) is 16.8. The molecule has 2 rings (SSSR count). The molecule has 0 aromatic carbocycles. The number of rotatable bonds is 6. The lowest BCUT2D eigenvalue weighted by molar-refractivity contribution is -0.123. The van der Waals surface area contributed by atoms with Crippen LogP contribution in [-0.4, -0.2) is 54.7 Å². The van der Waals surface area contributed by atoms with Gasteiger partial charge in [0.1, 0.15) is 5.60 Å². The lowest BCUT2D eigenvalue weighted by Gasteiger charge is -2.35. The molecule has 6 heteroatoms. The number of alkyl carbamates (subject to hydrolysis) is 1. The van der Waals surface area contributed by atoms with E-state index in [1.165, 1.54) is 32.1 Å². The van der Waals surface area contributed by atoms with Gasteiger partial charge in [-0.25, -0.2) is 4.79 Å². The number of hydrogen-bond acceptors (Lipinski definition) is 4. The largest absolute Gasteiger partial charge is 0.444 e. The van der Waals surface area contributed by atoms with Gasteiger partial charge in [0.05, 0.1) is 6.54 Å². The maximum atomic E-state index is 12.4. The van der Waals surface area contributed by atoms with E-state index in [4.69, 9.17) is 4.74 Å². The first-order valence-electron chi connectivity index (χ1n) is 10.3. The molecule has 0 aromatic heterocycles. The first kappa shape index (κ1) is 21.0. The summed E-state index contributed by atoms with van der Waals surface area (Å²) in [6.07, 6.45) is 9.29. The topological polar surface area (TPSA) is 70.7 Å². The Balaban J connectivity index is 1.72. The fourth-order valence-electron chi connectivity index (χ4n) is 3.90. The van der Waals surface area contributed by atoms with Crippen molar-refractivity contribution in [2.45, 2.75) is 83.8 Å². The third-order valence-electron chi connectivity index (χ3n) is 5.29. The molecule has 1 saturated heterocycles. The SMILES string of the molecule is CC(C)(C)OC(=O)NCC1CCCCN1CC(=O)NCC1CCCCC1. The molecular formula is C20H37N3O3. The number of piperidine rings is 1. The minimum Gasteiger partial charge on any atom is -0.444 e. The summed E-state index contributed by atoms with van der Waals surface area (Å²) in [5.74, 6) is 0.762. The van der Waals surface area contributed by atoms with E-state index >= 15 is 0 Å². The molecule has 0 radical (unpaired) electrons. The van der Waals surface area contributed by atoms with Gasteiger partial charge in [-0.1, -0.05) is 25.7 Å². The van der Waals surface area contributed by atoms with Crippen molar-refractivity contribution in [2.75, 3.05) is 26.2 Å². The van der Waals surface area contributed by atoms with Gasteiger partial charge in [-0.3, -0.25) is 9.69 Å². The Kier molecular flexibility index (Phi) is 8.19. The van der Waals surface area contributed by atoms with Crippen LogP contribution in [0.25, 0.3) is 0 Å². The molecule has 2 N–H and O–H groups in total. The van der Waals surface area contributed by atoms with Crippen LogP contribution < -0.4 is 10.6 Å². The van der Waals surface area contributed by atoms with E-state index in [0.717, 1.165) is 32.4 Å². The molecule has 0 bridgehead atoms. The molecule has 2 aliphatic rings. The van der Waals surface area contributed by atoms with E-state index in [-0.39, 0.29) is 18.0 Å². The smallest absolute Gasteiger partial charge is 0.407 e. The zero-order chi connectivity index (χ0) is 19.0. The minimum absolute atomic E-state index is 0.111. The van der Waals surface area contributed by atoms with Gasteiger partial charge in [-0.2, -0.15) is 0 Å². The quantitative estimate of drug-likeness (QED) is 0.757. The normalized spacial score (nSPS) is 22.7. The fourth-order valence-corrected chi connectivity index (χ4v) is 3.90. The van der Waals surface area contributed by atoms with Crippen LogP contribution >= 0.6 is 0 Å². The van der Waals surface area contributed by atoms with Crippen LogP contribution in [0, 0.1) is 5.92 Å². The van der Waals surface area contributed by atoms with Gasteiger partial charge in [0, 0.05) is 19.1 Å². The third kappa shape index (κ3) is 7.94. The Morgan fingerprint density at radius 2 is 1.65 bits per heavy atom. The Labute approximate surface area is 158 Å². The van der Waals surface area contributed by atoms with E-state index in [2.05, 4.69) is 15.5 Å². The lowest BCUT2D eigenvalue weighted by Crippen LogP contribution is -2.51. The number of carbonyl (C=O) groups excluding carboxylic acids is 2. The Morgan fingerprint density at radius 1 is 0.962 bits per heavy atom. The molecule has 1 saturated carbocycles. The monoisotopic (exact) mass is 367 g/mol. The van der Waals surface area contributed by atoms with E-state index < -0.39 is 5.60 Å². The predicted octanol–water partition coefficient (Wildman–Crippen LogP) is 3.06. The van der Waals surface area contributed by atoms with Gasteiger partial charge in [-0.05, 0) is 58.9 Å². The molecule has 6 nitrogen and oxygen atoms in total. The number of amides is 2. The molecule has 1 atom stereocenters. The Morgan fingerprint density at radius 3 is 2.35 bits per heavy atom. The molecular weight excluding hydrogens is 330 g/mol. The van der Waals surface area contributed by atoms with E-state index in [0.29, 0.717) is 19.0 Å². The zero-order valence-corrected chi connectivity index (χ0v) is 16.8. The van der Waals surface area contributed by atoms with E-state index in [1.54, 1.807) is 0 Å². The molecule has 1 aliphatic carbocycles. The third-order valence-corrected chi connectivity index (χ3v) is 5.29. The summed E-state index contributed by atoms with van der Waals surface area (Å²) in [6.45, 7) is 8.26. The Bertz CT molecular complexity index is 456. The van der Waals surface area contributed by atoms with Crippen LogP contribution in [0.2, 0.25) is 0 Å². The highest BCUT2D eigenvalue weighted by Gasteiger charge is 2.26. The van der Waals surface area contributed by atoms with E-state index in [9.17, 15) is 9.59 Å². The van der Waals surface area contributed by atoms with Crippen LogP contribution in [-0.2, 0) is 9.53 Å². The van der Waals surface area contributed by atoms with Crippen molar-refractivity contribution in [3.63, 3.8) is 0 Å². The summed E-state index contributed by atoms with van der Waals surface area (Å²) in [5.41, 5.74) is -0.491. The second-order valence-electron chi connectivity index (χ2n) is 8.81. The maximum absolute atomic E-state index is 12.4. The number of carbonyl (C=O) groups is 2. The second kappa shape index (κ2) is 10.1. The van der Waals surface area contributed by atoms with Gasteiger partial charge < -0.3 is 15.4 Å². The van der Waals surface area contributed by atoms with Crippen LogP contribution in [0.15, 0.2) is 0 Å². The molecule has 150 valence electrons. The number of hydrogen-bond donors (Lipinski definition) is 2. The molecule has 0 spiro atoms. The average Bonchev–Trinajstić information content (AvgIpc) is 2.59. The summed E-state index contributed by atoms with van der Waals surface area (Å²) < 4.78 is 5.30. The highest BCUT2D eigenvalue weighted by Crippen LogP contribution is 2.22. The molecule has 1 unspecified atom stereocenters. The standard InChI is InChI=1S/C20H37N3O3/c1-20(2,3)26-19(25)22-14-17-11-7-8-12-23(17)15-18(24)21-13-16-9-5-4-6-10-16/h16-17H,4-15H2,1-3H3,(H,21,24)(H,22,25). The summed E-state index contributed by atoms with van der Waals surface area (Å²) in [4.78, 5) is 26.4. The van der Waals surface area contributed by atoms with Crippen molar-refractivity contribution < 1.29 is 14.3 Å². The number of nitrogens with one attached hydrogen (secondary N) is 2. The highest BCUT2D eigenvalue weighted by atomic mass is 16.6. The minimum atomic E-state index is -0.491. The second-order valence-corrected chi connectivity index (χ2v) is 8.81. The summed E-state index contributed by atoms with van der Waals surface area (Å²) >= 11 is 0. The van der Waals surface area contributed by atoms with Gasteiger partial charge in [0.25, 0.3) is 0 Å². The van der Waals surface area contributed by atoms with E-state index in [1.807, 2.05) is 20.8 Å². The van der Waals surface area contributed by atoms with Gasteiger partial charge in [-0.15, -0.1) is 0 Å². The van der Waals surface area contributed by atoms with Crippen molar-refractivity contribution in [1.29, 1.82) is 0 Å². The van der Waals surface area contributed by atoms with Crippen LogP contribution in [0.3, 0.4) is 0 Å². The van der Waals surface area contributed by atoms with Crippen LogP contribution in [0.1, 0.15) is 72.1 Å². The van der Waals surface area contributed by atoms with Crippen molar-refractivity contribution >= 4 is 12.0 Å². The average molecular weight is 368 g/mol. The molecule has 26 heavy (non-hydrogen) atoms. The lowest BCUT2D eigenvalue weighted by atomic mass is 9.89. The summed E-state index contributed by atoms with van der Waals surface area (Å²) in [5, 5.41) is 5.98. The molecule has 2 fully saturated rings. The van der Waals surface area contributed by atoms with Crippen LogP contribution in [0.4, 0.5) is 4.79 Å². The predicted molar refractivity (Wildman–Crippen MR) is 103 cm³/mol. The van der Waals surface area contributed by atoms with Gasteiger partial charge in [0.15, 0.2) is 0 Å². The molecule has 2 amide bonds. The fraction of sp³-hybridized carbons (Fsp3) is 0.900. The first-order valence-corrected chi connectivity index (χ1v) is 10.3. The maximum Gasteiger partial charge on any atom is 0.407 e. The van der Waals surface area contributed by atoms with Crippen LogP contribution in [0.5, 0.6) is 0 Å². The van der Waals surface area contributed by atoms with Crippen molar-refractivity contribution in [3.05, 3.63) is 0 Å². The summed E-state index contributed by atoms with van der Waals surface area (Å²) in [6, 6.07) is 0.205. The van der Waals surface area contributed by atoms with Gasteiger partial charge in [0.2, 0.25) is 5.91 Å². The van der Waals surface area contributed by atoms with Gasteiger partial charge >= 0.3 is 6.09 Å². The van der Waals surface area contributed by atoms with Crippen molar-refractivity contribution in [1.82, 2.24) is 15.5 Å². The molecule has 0 aromatic rings. The first-order chi connectivity index (χ1) is 12.3. The molecule has 1 aliphatic heterocycles. The highest BCUT2D eigenvalue weighted by molar-refractivity contribution is 5.78. The molecule has 1 heterocycles. The van der Waals surface area contributed by atoms with Crippen molar-refractivity contribution in [3.8, 4) is 0 Å². The van der Waals surface area contributed by atoms with Crippen molar-refractivity contribution in [2.24, 2.45) is 5.92 Å². The summed E-state index contributed by atoms with van der Waals surface area (Å²) in [7, 11) is 0. The number of nitrogens with zero attached hydrogens (tertiary/aromatic N) is 1.